The first kappa shape index (κ1) is 14.8. The van der Waals surface area contributed by atoms with Gasteiger partial charge in [-0.2, -0.15) is 0 Å². The Morgan fingerprint density at radius 3 is 2.11 bits per heavy atom. The maximum Gasteiger partial charge on any atom is 0.573 e. The summed E-state index contributed by atoms with van der Waals surface area (Å²) in [5.41, 5.74) is 5.48. The second kappa shape index (κ2) is 5.16. The Morgan fingerprint density at radius 1 is 1.22 bits per heavy atom. The Hall–Kier alpha value is -1.27. The van der Waals surface area contributed by atoms with Gasteiger partial charge in [0.1, 0.15) is 5.75 Å². The van der Waals surface area contributed by atoms with Crippen molar-refractivity contribution in [3.05, 3.63) is 29.8 Å². The molecule has 102 valence electrons. The molecule has 0 saturated heterocycles. The van der Waals surface area contributed by atoms with Crippen molar-refractivity contribution in [3.8, 4) is 5.75 Å². The van der Waals surface area contributed by atoms with Gasteiger partial charge in [0.2, 0.25) is 0 Å². The molecule has 0 spiro atoms. The number of ether oxygens (including phenoxy) is 1. The van der Waals surface area contributed by atoms with E-state index in [0.717, 1.165) is 0 Å². The quantitative estimate of drug-likeness (QED) is 0.878. The molecular formula is C12H16F3NO2. The number of hydrogen-bond acceptors (Lipinski definition) is 3. The van der Waals surface area contributed by atoms with Gasteiger partial charge in [0.25, 0.3) is 0 Å². The molecule has 18 heavy (non-hydrogen) atoms. The summed E-state index contributed by atoms with van der Waals surface area (Å²) in [5.74, 6) is -0.316. The average Bonchev–Trinajstić information content (AvgIpc) is 2.27. The molecule has 0 aliphatic carbocycles. The zero-order chi connectivity index (χ0) is 14.0. The van der Waals surface area contributed by atoms with Crippen molar-refractivity contribution in [2.45, 2.75) is 26.3 Å². The van der Waals surface area contributed by atoms with Crippen molar-refractivity contribution in [2.75, 3.05) is 6.54 Å². The van der Waals surface area contributed by atoms with E-state index >= 15 is 0 Å². The lowest BCUT2D eigenvalue weighted by atomic mass is 9.83. The molecule has 0 saturated carbocycles. The van der Waals surface area contributed by atoms with Crippen LogP contribution in [-0.2, 0) is 0 Å². The van der Waals surface area contributed by atoms with Gasteiger partial charge in [-0.15, -0.1) is 13.2 Å². The molecule has 0 aliphatic rings. The molecule has 0 heterocycles. The SMILES string of the molecule is CC(C)(CN)C(O)c1ccc(OC(F)(F)F)cc1. The van der Waals surface area contributed by atoms with E-state index in [4.69, 9.17) is 5.73 Å². The van der Waals surface area contributed by atoms with Gasteiger partial charge < -0.3 is 15.6 Å². The summed E-state index contributed by atoms with van der Waals surface area (Å²) >= 11 is 0. The van der Waals surface area contributed by atoms with E-state index in [2.05, 4.69) is 4.74 Å². The van der Waals surface area contributed by atoms with Crippen LogP contribution in [0.15, 0.2) is 24.3 Å². The fourth-order valence-electron chi connectivity index (χ4n) is 1.41. The highest BCUT2D eigenvalue weighted by Gasteiger charge is 2.31. The predicted octanol–water partition coefficient (Wildman–Crippen LogP) is 2.60. The highest BCUT2D eigenvalue weighted by Crippen LogP contribution is 2.33. The Balaban J connectivity index is 2.83. The maximum atomic E-state index is 12.0. The fourth-order valence-corrected chi connectivity index (χ4v) is 1.41. The molecule has 0 fully saturated rings. The van der Waals surface area contributed by atoms with E-state index in [1.54, 1.807) is 13.8 Å². The van der Waals surface area contributed by atoms with E-state index in [1.165, 1.54) is 24.3 Å². The van der Waals surface area contributed by atoms with Crippen molar-refractivity contribution in [1.29, 1.82) is 0 Å². The third-order valence-corrected chi connectivity index (χ3v) is 2.70. The molecule has 1 aromatic rings. The molecule has 3 nitrogen and oxygen atoms in total. The normalized spacial score (nSPS) is 14.4. The Morgan fingerprint density at radius 2 is 1.72 bits per heavy atom. The smallest absolute Gasteiger partial charge is 0.406 e. The van der Waals surface area contributed by atoms with E-state index in [1.807, 2.05) is 0 Å². The summed E-state index contributed by atoms with van der Waals surface area (Å²) in [6.45, 7) is 3.81. The average molecular weight is 263 g/mol. The molecule has 3 N–H and O–H groups in total. The van der Waals surface area contributed by atoms with Crippen LogP contribution in [0.3, 0.4) is 0 Å². The first-order valence-corrected chi connectivity index (χ1v) is 5.39. The molecule has 0 aromatic heterocycles. The zero-order valence-corrected chi connectivity index (χ0v) is 10.2. The van der Waals surface area contributed by atoms with Crippen LogP contribution < -0.4 is 10.5 Å². The van der Waals surface area contributed by atoms with Crippen molar-refractivity contribution >= 4 is 0 Å². The van der Waals surface area contributed by atoms with Gasteiger partial charge in [-0.3, -0.25) is 0 Å². The largest absolute Gasteiger partial charge is 0.573 e. The number of aliphatic hydroxyl groups excluding tert-OH is 1. The Bertz CT molecular complexity index is 387. The predicted molar refractivity (Wildman–Crippen MR) is 60.9 cm³/mol. The van der Waals surface area contributed by atoms with E-state index in [0.29, 0.717) is 5.56 Å². The van der Waals surface area contributed by atoms with Gasteiger partial charge in [-0.25, -0.2) is 0 Å². The van der Waals surface area contributed by atoms with Crippen LogP contribution in [-0.4, -0.2) is 18.0 Å². The third kappa shape index (κ3) is 3.89. The van der Waals surface area contributed by atoms with Gasteiger partial charge in [0, 0.05) is 12.0 Å². The van der Waals surface area contributed by atoms with Gasteiger partial charge in [-0.1, -0.05) is 26.0 Å². The molecule has 0 aliphatic heterocycles. The lowest BCUT2D eigenvalue weighted by molar-refractivity contribution is -0.274. The van der Waals surface area contributed by atoms with E-state index in [-0.39, 0.29) is 12.3 Å². The minimum absolute atomic E-state index is 0.259. The van der Waals surface area contributed by atoms with Crippen molar-refractivity contribution in [3.63, 3.8) is 0 Å². The summed E-state index contributed by atoms with van der Waals surface area (Å²) in [7, 11) is 0. The van der Waals surface area contributed by atoms with Crippen molar-refractivity contribution in [2.24, 2.45) is 11.1 Å². The van der Waals surface area contributed by atoms with E-state index in [9.17, 15) is 18.3 Å². The van der Waals surface area contributed by atoms with Crippen LogP contribution in [0.1, 0.15) is 25.5 Å². The number of hydrogen-bond donors (Lipinski definition) is 2. The Kier molecular flexibility index (Phi) is 4.24. The summed E-state index contributed by atoms with van der Waals surface area (Å²) in [6.07, 6.45) is -5.56. The monoisotopic (exact) mass is 263 g/mol. The maximum absolute atomic E-state index is 12.0. The minimum Gasteiger partial charge on any atom is -0.406 e. The molecule has 1 unspecified atom stereocenters. The van der Waals surface area contributed by atoms with Crippen LogP contribution in [0.25, 0.3) is 0 Å². The van der Waals surface area contributed by atoms with Crippen LogP contribution in [0.5, 0.6) is 5.75 Å². The fraction of sp³-hybridized carbons (Fsp3) is 0.500. The van der Waals surface area contributed by atoms with Gasteiger partial charge in [0.05, 0.1) is 6.10 Å². The first-order chi connectivity index (χ1) is 8.15. The van der Waals surface area contributed by atoms with Gasteiger partial charge >= 0.3 is 6.36 Å². The van der Waals surface area contributed by atoms with Crippen LogP contribution in [0.4, 0.5) is 13.2 Å². The molecule has 0 amide bonds. The Labute approximate surface area is 103 Å². The molecule has 6 heteroatoms. The topological polar surface area (TPSA) is 55.5 Å². The summed E-state index contributed by atoms with van der Waals surface area (Å²) in [4.78, 5) is 0. The van der Waals surface area contributed by atoms with Crippen LogP contribution >= 0.6 is 0 Å². The van der Waals surface area contributed by atoms with Crippen LogP contribution in [0, 0.1) is 5.41 Å². The zero-order valence-electron chi connectivity index (χ0n) is 10.2. The number of aliphatic hydroxyl groups is 1. The molecule has 0 bridgehead atoms. The van der Waals surface area contributed by atoms with Crippen molar-refractivity contribution < 1.29 is 23.0 Å². The lowest BCUT2D eigenvalue weighted by Gasteiger charge is -2.29. The standard InChI is InChI=1S/C12H16F3NO2/c1-11(2,7-16)10(17)8-3-5-9(6-4-8)18-12(13,14)15/h3-6,10,17H,7,16H2,1-2H3. The van der Waals surface area contributed by atoms with Crippen molar-refractivity contribution in [1.82, 2.24) is 0 Å². The first-order valence-electron chi connectivity index (χ1n) is 5.39. The van der Waals surface area contributed by atoms with E-state index < -0.39 is 17.9 Å². The van der Waals surface area contributed by atoms with Gasteiger partial charge in [0.15, 0.2) is 0 Å². The molecule has 1 rings (SSSR count). The summed E-state index contributed by atoms with van der Waals surface area (Å²) < 4.78 is 39.6. The highest BCUT2D eigenvalue weighted by molar-refractivity contribution is 5.29. The number of nitrogens with two attached hydrogens (primary N) is 1. The number of alkyl halides is 3. The lowest BCUT2D eigenvalue weighted by Crippen LogP contribution is -2.30. The second-order valence-corrected chi connectivity index (χ2v) is 4.71. The van der Waals surface area contributed by atoms with Crippen LogP contribution in [0.2, 0.25) is 0 Å². The number of halogens is 3. The minimum atomic E-state index is -4.71. The molecular weight excluding hydrogens is 247 g/mol. The summed E-state index contributed by atoms with van der Waals surface area (Å²) in [6, 6.07) is 5.11. The second-order valence-electron chi connectivity index (χ2n) is 4.71. The summed E-state index contributed by atoms with van der Waals surface area (Å²) in [5, 5.41) is 10.0. The highest BCUT2D eigenvalue weighted by atomic mass is 19.4. The third-order valence-electron chi connectivity index (χ3n) is 2.70. The molecule has 1 aromatic carbocycles. The number of benzene rings is 1. The van der Waals surface area contributed by atoms with Gasteiger partial charge in [-0.05, 0) is 17.7 Å². The molecule has 0 radical (unpaired) electrons. The molecule has 1 atom stereocenters. The number of rotatable bonds is 4.